The number of rotatable bonds is 0. The van der Waals surface area contributed by atoms with Gasteiger partial charge in [0.25, 0.3) is 5.78 Å². The fourth-order valence-electron chi connectivity index (χ4n) is 2.26. The van der Waals surface area contributed by atoms with Gasteiger partial charge in [0, 0.05) is 19.7 Å². The topological polar surface area (TPSA) is 26.3 Å². The van der Waals surface area contributed by atoms with Gasteiger partial charge in [-0.15, -0.1) is 0 Å². The number of fused-ring (bicyclic) bond motifs is 5. The minimum absolute atomic E-state index is 0.580. The molecule has 0 atom stereocenters. The first-order valence-electron chi connectivity index (χ1n) is 5.42. The van der Waals surface area contributed by atoms with Gasteiger partial charge in [0.1, 0.15) is 11.2 Å². The Labute approximate surface area is 119 Å². The Bertz CT molecular complexity index is 831. The van der Waals surface area contributed by atoms with Crippen LogP contribution in [0.3, 0.4) is 0 Å². The van der Waals surface area contributed by atoms with Crippen molar-refractivity contribution in [2.24, 2.45) is 0 Å². The molecule has 0 amide bonds. The summed E-state index contributed by atoms with van der Waals surface area (Å²) in [6.45, 7) is 0. The molecule has 4 rings (SSSR count). The smallest absolute Gasteiger partial charge is 0.299 e. The molecule has 4 aromatic rings. The summed E-state index contributed by atoms with van der Waals surface area (Å²) >= 11 is 6.88. The van der Waals surface area contributed by atoms with E-state index in [1.54, 1.807) is 0 Å². The number of hydrogen-bond acceptors (Lipinski definition) is 2. The van der Waals surface area contributed by atoms with Crippen LogP contribution in [0.5, 0.6) is 0 Å². The molecule has 0 bridgehead atoms. The van der Waals surface area contributed by atoms with Gasteiger partial charge >= 0.3 is 0 Å². The Morgan fingerprint density at radius 2 is 1.22 bits per heavy atom. The van der Waals surface area contributed by atoms with Gasteiger partial charge in [0.05, 0.1) is 5.39 Å². The molecule has 0 saturated heterocycles. The first kappa shape index (κ1) is 10.6. The summed E-state index contributed by atoms with van der Waals surface area (Å²) in [5.74, 6) is 0.580. The lowest BCUT2D eigenvalue weighted by atomic mass is 10.1. The summed E-state index contributed by atoms with van der Waals surface area (Å²) in [5, 5.41) is 3.20. The van der Waals surface area contributed by atoms with E-state index < -0.39 is 0 Å². The third-order valence-corrected chi connectivity index (χ3v) is 4.02. The molecule has 0 aliphatic carbocycles. The third-order valence-electron chi connectivity index (χ3n) is 3.04. The summed E-state index contributed by atoms with van der Waals surface area (Å²) in [4.78, 5) is 0. The molecule has 2 nitrogen and oxygen atoms in total. The summed E-state index contributed by atoms with van der Waals surface area (Å²) < 4.78 is 13.5. The molecule has 4 heteroatoms. The standard InChI is InChI=1S/C14H6Br2O2/c15-7-1-3-9-11(5-7)17-14-13(9)10-4-2-8(16)6-12(10)18-14/h1-6H. The van der Waals surface area contributed by atoms with Gasteiger partial charge < -0.3 is 8.83 Å². The highest BCUT2D eigenvalue weighted by molar-refractivity contribution is 9.10. The van der Waals surface area contributed by atoms with Crippen LogP contribution in [0.25, 0.3) is 33.1 Å². The summed E-state index contributed by atoms with van der Waals surface area (Å²) in [5.41, 5.74) is 1.67. The molecule has 2 aromatic heterocycles. The van der Waals surface area contributed by atoms with E-state index in [1.807, 2.05) is 36.4 Å². The van der Waals surface area contributed by atoms with Crippen LogP contribution in [0, 0.1) is 0 Å². The number of benzene rings is 2. The molecule has 18 heavy (non-hydrogen) atoms. The number of hydrogen-bond donors (Lipinski definition) is 0. The molecule has 0 saturated carbocycles. The van der Waals surface area contributed by atoms with Crippen molar-refractivity contribution in [3.8, 4) is 0 Å². The van der Waals surface area contributed by atoms with Crippen LogP contribution in [0.2, 0.25) is 0 Å². The highest BCUT2D eigenvalue weighted by atomic mass is 79.9. The zero-order valence-electron chi connectivity index (χ0n) is 9.04. The third kappa shape index (κ3) is 1.39. The van der Waals surface area contributed by atoms with Crippen molar-refractivity contribution < 1.29 is 8.83 Å². The summed E-state index contributed by atoms with van der Waals surface area (Å²) in [6.07, 6.45) is 0. The Morgan fingerprint density at radius 1 is 0.722 bits per heavy atom. The van der Waals surface area contributed by atoms with Crippen LogP contribution in [0.4, 0.5) is 0 Å². The highest BCUT2D eigenvalue weighted by Gasteiger charge is 2.15. The average molecular weight is 366 g/mol. The van der Waals surface area contributed by atoms with E-state index in [1.165, 1.54) is 0 Å². The normalized spacial score (nSPS) is 11.9. The largest absolute Gasteiger partial charge is 0.425 e. The summed E-state index contributed by atoms with van der Waals surface area (Å²) in [7, 11) is 0. The predicted molar refractivity (Wildman–Crippen MR) is 78.9 cm³/mol. The van der Waals surface area contributed by atoms with Gasteiger partial charge in [-0.25, -0.2) is 0 Å². The maximum Gasteiger partial charge on any atom is 0.299 e. The lowest BCUT2D eigenvalue weighted by molar-refractivity contribution is 0.524. The maximum atomic E-state index is 5.75. The second kappa shape index (κ2) is 3.62. The molecule has 0 aliphatic rings. The molecule has 2 aromatic carbocycles. The van der Waals surface area contributed by atoms with Gasteiger partial charge in [-0.3, -0.25) is 0 Å². The van der Waals surface area contributed by atoms with E-state index in [2.05, 4.69) is 31.9 Å². The molecule has 0 aliphatic heterocycles. The lowest BCUT2D eigenvalue weighted by Crippen LogP contribution is -1.68. The van der Waals surface area contributed by atoms with Crippen LogP contribution < -0.4 is 0 Å². The van der Waals surface area contributed by atoms with Crippen molar-refractivity contribution >= 4 is 65.0 Å². The molecule has 88 valence electrons. The van der Waals surface area contributed by atoms with Gasteiger partial charge in [-0.2, -0.15) is 0 Å². The van der Waals surface area contributed by atoms with E-state index in [9.17, 15) is 0 Å². The minimum atomic E-state index is 0.580. The molecule has 0 unspecified atom stereocenters. The molecule has 0 radical (unpaired) electrons. The highest BCUT2D eigenvalue weighted by Crippen LogP contribution is 2.38. The minimum Gasteiger partial charge on any atom is -0.425 e. The van der Waals surface area contributed by atoms with Crippen LogP contribution in [-0.4, -0.2) is 0 Å². The Kier molecular flexibility index (Phi) is 2.14. The van der Waals surface area contributed by atoms with E-state index in [-0.39, 0.29) is 0 Å². The predicted octanol–water partition coefficient (Wildman–Crippen LogP) is 5.86. The monoisotopic (exact) mass is 364 g/mol. The molecule has 0 fully saturated rings. The first-order valence-corrected chi connectivity index (χ1v) is 7.01. The van der Waals surface area contributed by atoms with Gasteiger partial charge in [-0.05, 0) is 36.4 Å². The first-order chi connectivity index (χ1) is 8.72. The Morgan fingerprint density at radius 3 is 1.72 bits per heavy atom. The fraction of sp³-hybridized carbons (Fsp3) is 0. The zero-order valence-corrected chi connectivity index (χ0v) is 12.2. The Balaban J connectivity index is 2.25. The molecule has 0 N–H and O–H groups in total. The van der Waals surface area contributed by atoms with Crippen LogP contribution in [0.15, 0.2) is 54.2 Å². The van der Waals surface area contributed by atoms with Crippen molar-refractivity contribution in [2.45, 2.75) is 0 Å². The molecular formula is C14H6Br2O2. The van der Waals surface area contributed by atoms with E-state index in [4.69, 9.17) is 8.83 Å². The average Bonchev–Trinajstić information content (AvgIpc) is 2.82. The second-order valence-corrected chi connectivity index (χ2v) is 5.98. The van der Waals surface area contributed by atoms with Crippen LogP contribution in [-0.2, 0) is 0 Å². The van der Waals surface area contributed by atoms with Crippen molar-refractivity contribution in [1.82, 2.24) is 0 Å². The Hall–Kier alpha value is -1.26. The van der Waals surface area contributed by atoms with Crippen LogP contribution in [0.1, 0.15) is 0 Å². The quantitative estimate of drug-likeness (QED) is 0.390. The lowest BCUT2D eigenvalue weighted by Gasteiger charge is -1.92. The summed E-state index contributed by atoms with van der Waals surface area (Å²) in [6, 6.07) is 12.0. The SMILES string of the molecule is Brc1ccc2c(c1)oc1oc3cc(Br)ccc3c12. The number of furan rings is 2. The molecule has 0 spiro atoms. The molecular weight excluding hydrogens is 360 g/mol. The van der Waals surface area contributed by atoms with Crippen molar-refractivity contribution in [3.63, 3.8) is 0 Å². The van der Waals surface area contributed by atoms with Crippen molar-refractivity contribution in [3.05, 3.63) is 45.3 Å². The van der Waals surface area contributed by atoms with Crippen LogP contribution >= 0.6 is 31.9 Å². The molecule has 2 heterocycles. The second-order valence-electron chi connectivity index (χ2n) is 4.15. The van der Waals surface area contributed by atoms with Gasteiger partial charge in [-0.1, -0.05) is 31.9 Å². The van der Waals surface area contributed by atoms with E-state index >= 15 is 0 Å². The van der Waals surface area contributed by atoms with Crippen molar-refractivity contribution in [1.29, 1.82) is 0 Å². The van der Waals surface area contributed by atoms with E-state index in [0.29, 0.717) is 5.78 Å². The maximum absolute atomic E-state index is 5.75. The zero-order chi connectivity index (χ0) is 12.3. The number of halogens is 2. The van der Waals surface area contributed by atoms with Crippen molar-refractivity contribution in [2.75, 3.05) is 0 Å². The van der Waals surface area contributed by atoms with Gasteiger partial charge in [0.15, 0.2) is 0 Å². The van der Waals surface area contributed by atoms with E-state index in [0.717, 1.165) is 36.3 Å². The fourth-order valence-corrected chi connectivity index (χ4v) is 2.94. The van der Waals surface area contributed by atoms with Gasteiger partial charge in [0.2, 0.25) is 0 Å².